The van der Waals surface area contributed by atoms with E-state index in [4.69, 9.17) is 0 Å². The van der Waals surface area contributed by atoms with Crippen LogP contribution in [0.1, 0.15) is 30.7 Å². The number of thiophene rings is 1. The maximum absolute atomic E-state index is 12.7. The first kappa shape index (κ1) is 21.6. The lowest BCUT2D eigenvalue weighted by Crippen LogP contribution is -2.15. The second-order valence-corrected chi connectivity index (χ2v) is 9.39. The molecule has 0 fully saturated rings. The van der Waals surface area contributed by atoms with Crippen LogP contribution >= 0.6 is 23.1 Å². The molecule has 0 aliphatic heterocycles. The maximum atomic E-state index is 12.7. The van der Waals surface area contributed by atoms with Crippen molar-refractivity contribution in [1.82, 2.24) is 14.8 Å². The lowest BCUT2D eigenvalue weighted by Gasteiger charge is -2.10. The second-order valence-electron chi connectivity index (χ2n) is 7.36. The molecule has 0 saturated carbocycles. The summed E-state index contributed by atoms with van der Waals surface area (Å²) in [6, 6.07) is 14.0. The third-order valence-corrected chi connectivity index (χ3v) is 7.18. The topological polar surface area (TPSA) is 59.8 Å². The van der Waals surface area contributed by atoms with Crippen LogP contribution in [0.15, 0.2) is 53.0 Å². The SMILES string of the molecule is CCCn1c(SCC(=O)Nc2cccc3ccccc23)nnc1-c1csc(C)c1CC. The number of benzene rings is 2. The molecule has 2 aromatic carbocycles. The number of nitrogens with zero attached hydrogens (tertiary/aromatic N) is 3. The van der Waals surface area contributed by atoms with E-state index in [1.54, 1.807) is 11.3 Å². The summed E-state index contributed by atoms with van der Waals surface area (Å²) >= 11 is 3.19. The molecule has 0 aliphatic rings. The van der Waals surface area contributed by atoms with Gasteiger partial charge in [-0.2, -0.15) is 0 Å². The normalized spacial score (nSPS) is 11.2. The molecule has 1 amide bonds. The Morgan fingerprint density at radius 2 is 1.94 bits per heavy atom. The number of carbonyl (C=O) groups is 1. The minimum absolute atomic E-state index is 0.0467. The Labute approximate surface area is 190 Å². The smallest absolute Gasteiger partial charge is 0.234 e. The minimum Gasteiger partial charge on any atom is -0.325 e. The predicted octanol–water partition coefficient (Wildman–Crippen LogP) is 6.17. The molecule has 0 atom stereocenters. The van der Waals surface area contributed by atoms with E-state index in [0.29, 0.717) is 0 Å². The summed E-state index contributed by atoms with van der Waals surface area (Å²) in [6.45, 7) is 7.30. The molecule has 4 rings (SSSR count). The lowest BCUT2D eigenvalue weighted by atomic mass is 10.1. The third-order valence-electron chi connectivity index (χ3n) is 5.26. The minimum atomic E-state index is -0.0467. The number of aromatic nitrogens is 3. The van der Waals surface area contributed by atoms with E-state index in [2.05, 4.69) is 46.2 Å². The zero-order valence-corrected chi connectivity index (χ0v) is 19.6. The monoisotopic (exact) mass is 450 g/mol. The fraction of sp³-hybridized carbons (Fsp3) is 0.292. The van der Waals surface area contributed by atoms with Crippen LogP contribution in [0.2, 0.25) is 0 Å². The standard InChI is InChI=1S/C24H26N4OS2/c1-4-13-28-23(20-14-30-16(3)18(20)5-2)26-27-24(28)31-15-22(29)25-21-12-8-10-17-9-6-7-11-19(17)21/h6-12,14H,4-5,13,15H2,1-3H3,(H,25,29). The highest BCUT2D eigenvalue weighted by atomic mass is 32.2. The molecule has 2 heterocycles. The number of thioether (sulfide) groups is 1. The molecule has 4 aromatic rings. The van der Waals surface area contributed by atoms with Gasteiger partial charge in [-0.05, 0) is 36.8 Å². The molecule has 0 aliphatic carbocycles. The number of nitrogens with one attached hydrogen (secondary N) is 1. The number of aryl methyl sites for hydroxylation is 1. The molecule has 0 unspecified atom stereocenters. The summed E-state index contributed by atoms with van der Waals surface area (Å²) in [5.41, 5.74) is 3.33. The van der Waals surface area contributed by atoms with Crippen LogP contribution in [-0.4, -0.2) is 26.4 Å². The van der Waals surface area contributed by atoms with Crippen molar-refractivity contribution in [3.63, 3.8) is 0 Å². The highest BCUT2D eigenvalue weighted by Gasteiger charge is 2.19. The molecular formula is C24H26N4OS2. The summed E-state index contributed by atoms with van der Waals surface area (Å²) < 4.78 is 2.15. The number of rotatable bonds is 8. The van der Waals surface area contributed by atoms with E-state index in [0.717, 1.165) is 52.4 Å². The van der Waals surface area contributed by atoms with Gasteiger partial charge in [0, 0.05) is 33.4 Å². The van der Waals surface area contributed by atoms with Crippen molar-refractivity contribution in [2.75, 3.05) is 11.1 Å². The third kappa shape index (κ3) is 4.52. The van der Waals surface area contributed by atoms with Crippen LogP contribution in [0.3, 0.4) is 0 Å². The van der Waals surface area contributed by atoms with Gasteiger partial charge in [0.25, 0.3) is 0 Å². The molecule has 0 radical (unpaired) electrons. The summed E-state index contributed by atoms with van der Waals surface area (Å²) in [6.07, 6.45) is 1.95. The largest absolute Gasteiger partial charge is 0.325 e. The van der Waals surface area contributed by atoms with Crippen LogP contribution in [-0.2, 0) is 17.8 Å². The molecule has 1 N–H and O–H groups in total. The highest BCUT2D eigenvalue weighted by Crippen LogP contribution is 2.33. The van der Waals surface area contributed by atoms with E-state index in [9.17, 15) is 4.79 Å². The van der Waals surface area contributed by atoms with Crippen LogP contribution in [0.25, 0.3) is 22.2 Å². The number of fused-ring (bicyclic) bond motifs is 1. The van der Waals surface area contributed by atoms with Crippen molar-refractivity contribution in [2.45, 2.75) is 45.3 Å². The first-order valence-electron chi connectivity index (χ1n) is 10.5. The Balaban J connectivity index is 1.51. The molecule has 160 valence electrons. The van der Waals surface area contributed by atoms with Gasteiger partial charge in [0.2, 0.25) is 5.91 Å². The van der Waals surface area contributed by atoms with Crippen molar-refractivity contribution >= 4 is 45.5 Å². The van der Waals surface area contributed by atoms with Crippen molar-refractivity contribution in [2.24, 2.45) is 0 Å². The first-order chi connectivity index (χ1) is 15.1. The fourth-order valence-electron chi connectivity index (χ4n) is 3.78. The van der Waals surface area contributed by atoms with E-state index in [1.165, 1.54) is 22.2 Å². The number of hydrogen-bond donors (Lipinski definition) is 1. The van der Waals surface area contributed by atoms with Gasteiger partial charge in [-0.3, -0.25) is 4.79 Å². The summed E-state index contributed by atoms with van der Waals surface area (Å²) in [5, 5.41) is 17.1. The Morgan fingerprint density at radius 1 is 1.13 bits per heavy atom. The second kappa shape index (κ2) is 9.66. The quantitative estimate of drug-likeness (QED) is 0.326. The van der Waals surface area contributed by atoms with E-state index < -0.39 is 0 Å². The average molecular weight is 451 g/mol. The Morgan fingerprint density at radius 3 is 2.74 bits per heavy atom. The lowest BCUT2D eigenvalue weighted by molar-refractivity contribution is -0.113. The Kier molecular flexibility index (Phi) is 6.73. The van der Waals surface area contributed by atoms with Crippen LogP contribution in [0.4, 0.5) is 5.69 Å². The average Bonchev–Trinajstić information content (AvgIpc) is 3.35. The van der Waals surface area contributed by atoms with E-state index in [-0.39, 0.29) is 11.7 Å². The van der Waals surface area contributed by atoms with Gasteiger partial charge in [0.05, 0.1) is 5.75 Å². The van der Waals surface area contributed by atoms with Crippen LogP contribution < -0.4 is 5.32 Å². The van der Waals surface area contributed by atoms with Gasteiger partial charge < -0.3 is 9.88 Å². The fourth-order valence-corrected chi connectivity index (χ4v) is 5.48. The molecule has 7 heteroatoms. The Bertz CT molecular complexity index is 1210. The van der Waals surface area contributed by atoms with Crippen molar-refractivity contribution in [1.29, 1.82) is 0 Å². The molecule has 0 spiro atoms. The van der Waals surface area contributed by atoms with Crippen molar-refractivity contribution in [3.05, 3.63) is 58.3 Å². The van der Waals surface area contributed by atoms with Crippen LogP contribution in [0, 0.1) is 6.92 Å². The van der Waals surface area contributed by atoms with Crippen LogP contribution in [0.5, 0.6) is 0 Å². The highest BCUT2D eigenvalue weighted by molar-refractivity contribution is 7.99. The summed E-state index contributed by atoms with van der Waals surface area (Å²) in [7, 11) is 0. The first-order valence-corrected chi connectivity index (χ1v) is 12.4. The van der Waals surface area contributed by atoms with E-state index in [1.807, 2.05) is 42.5 Å². The van der Waals surface area contributed by atoms with E-state index >= 15 is 0 Å². The molecule has 0 saturated heterocycles. The van der Waals surface area contributed by atoms with Gasteiger partial charge in [-0.15, -0.1) is 21.5 Å². The molecule has 5 nitrogen and oxygen atoms in total. The molecule has 0 bridgehead atoms. The maximum Gasteiger partial charge on any atom is 0.234 e. The van der Waals surface area contributed by atoms with Crippen molar-refractivity contribution in [3.8, 4) is 11.4 Å². The van der Waals surface area contributed by atoms with Crippen molar-refractivity contribution < 1.29 is 4.79 Å². The number of anilines is 1. The summed E-state index contributed by atoms with van der Waals surface area (Å²) in [4.78, 5) is 14.0. The van der Waals surface area contributed by atoms with Gasteiger partial charge in [0.1, 0.15) is 0 Å². The summed E-state index contributed by atoms with van der Waals surface area (Å²) in [5.74, 6) is 1.14. The number of hydrogen-bond acceptors (Lipinski definition) is 5. The van der Waals surface area contributed by atoms with Gasteiger partial charge >= 0.3 is 0 Å². The number of carbonyl (C=O) groups excluding carboxylic acids is 1. The number of amides is 1. The molecule has 2 aromatic heterocycles. The zero-order chi connectivity index (χ0) is 21.8. The molecule has 31 heavy (non-hydrogen) atoms. The van der Waals surface area contributed by atoms with Gasteiger partial charge in [0.15, 0.2) is 11.0 Å². The molecular weight excluding hydrogens is 424 g/mol. The van der Waals surface area contributed by atoms with Gasteiger partial charge in [-0.25, -0.2) is 0 Å². The predicted molar refractivity (Wildman–Crippen MR) is 131 cm³/mol. The van der Waals surface area contributed by atoms with Gasteiger partial charge in [-0.1, -0.05) is 62.0 Å². The zero-order valence-electron chi connectivity index (χ0n) is 18.0. The Hall–Kier alpha value is -2.64.